The Labute approximate surface area is 188 Å². The number of nitriles is 1. The fraction of sp³-hybridized carbons (Fsp3) is 0.130. The monoisotopic (exact) mass is 449 g/mol. The standard InChI is InChI=1S/C23H17Cl2N5O/c1-12-4-5-13(2)20(8-12)30-21(25)18(14(3)29-30)9-15(11-26)22-27-19-10-16(24)6-7-17(19)23(31)28-22/h4-10H,1-3H3,(H,27,28,31)/b15-9+. The molecule has 0 aliphatic heterocycles. The lowest BCUT2D eigenvalue weighted by molar-refractivity contribution is 0.855. The van der Waals surface area contributed by atoms with Crippen molar-refractivity contribution in [2.75, 3.05) is 0 Å². The average Bonchev–Trinajstić information content (AvgIpc) is 3.01. The molecule has 6 nitrogen and oxygen atoms in total. The highest BCUT2D eigenvalue weighted by Crippen LogP contribution is 2.29. The quantitative estimate of drug-likeness (QED) is 0.423. The van der Waals surface area contributed by atoms with Crippen molar-refractivity contribution in [3.63, 3.8) is 0 Å². The smallest absolute Gasteiger partial charge is 0.259 e. The van der Waals surface area contributed by atoms with Crippen LogP contribution in [0.2, 0.25) is 10.2 Å². The van der Waals surface area contributed by atoms with Gasteiger partial charge in [0.1, 0.15) is 11.2 Å². The van der Waals surface area contributed by atoms with Crippen LogP contribution < -0.4 is 5.56 Å². The first-order valence-corrected chi connectivity index (χ1v) is 10.2. The summed E-state index contributed by atoms with van der Waals surface area (Å²) < 4.78 is 1.65. The van der Waals surface area contributed by atoms with Crippen molar-refractivity contribution in [1.82, 2.24) is 19.7 Å². The molecule has 2 aromatic carbocycles. The zero-order valence-electron chi connectivity index (χ0n) is 17.0. The average molecular weight is 450 g/mol. The van der Waals surface area contributed by atoms with Crippen molar-refractivity contribution in [2.24, 2.45) is 0 Å². The number of allylic oxidation sites excluding steroid dienone is 1. The fourth-order valence-electron chi connectivity index (χ4n) is 3.32. The predicted octanol–water partition coefficient (Wildman–Crippen LogP) is 5.41. The minimum atomic E-state index is -0.355. The lowest BCUT2D eigenvalue weighted by Gasteiger charge is -2.08. The van der Waals surface area contributed by atoms with Crippen molar-refractivity contribution in [2.45, 2.75) is 20.8 Å². The van der Waals surface area contributed by atoms with Gasteiger partial charge in [0, 0.05) is 10.6 Å². The van der Waals surface area contributed by atoms with Crippen LogP contribution >= 0.6 is 23.2 Å². The zero-order chi connectivity index (χ0) is 22.3. The minimum absolute atomic E-state index is 0.136. The topological polar surface area (TPSA) is 87.4 Å². The van der Waals surface area contributed by atoms with Gasteiger partial charge >= 0.3 is 0 Å². The molecule has 0 spiro atoms. The number of rotatable bonds is 3. The summed E-state index contributed by atoms with van der Waals surface area (Å²) >= 11 is 12.7. The normalized spacial score (nSPS) is 11.7. The van der Waals surface area contributed by atoms with Crippen LogP contribution in [0.5, 0.6) is 0 Å². The van der Waals surface area contributed by atoms with Crippen LogP contribution in [0.15, 0.2) is 41.2 Å². The third-order valence-corrected chi connectivity index (χ3v) is 5.57. The number of aromatic amines is 1. The summed E-state index contributed by atoms with van der Waals surface area (Å²) in [5, 5.41) is 15.5. The highest BCUT2D eigenvalue weighted by atomic mass is 35.5. The third-order valence-electron chi connectivity index (χ3n) is 4.97. The number of hydrogen-bond acceptors (Lipinski definition) is 4. The number of nitrogens with one attached hydrogen (secondary N) is 1. The van der Waals surface area contributed by atoms with E-state index in [0.29, 0.717) is 32.3 Å². The summed E-state index contributed by atoms with van der Waals surface area (Å²) in [4.78, 5) is 19.5. The van der Waals surface area contributed by atoms with Gasteiger partial charge in [-0.1, -0.05) is 35.3 Å². The van der Waals surface area contributed by atoms with Gasteiger partial charge in [-0.05, 0) is 62.2 Å². The molecule has 0 aliphatic rings. The molecule has 2 aromatic heterocycles. The SMILES string of the molecule is Cc1ccc(C)c(-n2nc(C)c(/C=C(\C#N)c3nc4cc(Cl)ccc4c(=O)[nH]3)c2Cl)c1. The van der Waals surface area contributed by atoms with Gasteiger partial charge in [-0.15, -0.1) is 0 Å². The maximum absolute atomic E-state index is 12.5. The van der Waals surface area contributed by atoms with Crippen LogP contribution in [0.4, 0.5) is 0 Å². The largest absolute Gasteiger partial charge is 0.305 e. The molecule has 0 radical (unpaired) electrons. The number of H-pyrrole nitrogens is 1. The Kier molecular flexibility index (Phi) is 5.40. The van der Waals surface area contributed by atoms with E-state index in [9.17, 15) is 10.1 Å². The van der Waals surface area contributed by atoms with Gasteiger partial charge in [0.25, 0.3) is 5.56 Å². The molecule has 1 N–H and O–H groups in total. The highest BCUT2D eigenvalue weighted by Gasteiger charge is 2.17. The van der Waals surface area contributed by atoms with E-state index in [1.165, 1.54) is 0 Å². The zero-order valence-corrected chi connectivity index (χ0v) is 18.5. The fourth-order valence-corrected chi connectivity index (χ4v) is 3.81. The summed E-state index contributed by atoms with van der Waals surface area (Å²) in [5.41, 5.74) is 4.38. The van der Waals surface area contributed by atoms with Crippen LogP contribution in [0.25, 0.3) is 28.2 Å². The van der Waals surface area contributed by atoms with E-state index in [2.05, 4.69) is 21.1 Å². The number of nitrogens with zero attached hydrogens (tertiary/aromatic N) is 4. The first kappa shape index (κ1) is 20.9. The van der Waals surface area contributed by atoms with E-state index in [1.54, 1.807) is 29.0 Å². The Bertz CT molecular complexity index is 1470. The summed E-state index contributed by atoms with van der Waals surface area (Å²) in [6.45, 7) is 5.79. The molecule has 0 saturated heterocycles. The Morgan fingerprint density at radius 2 is 1.94 bits per heavy atom. The molecular formula is C23H17Cl2N5O. The van der Waals surface area contributed by atoms with E-state index in [4.69, 9.17) is 23.2 Å². The lowest BCUT2D eigenvalue weighted by atomic mass is 10.1. The Morgan fingerprint density at radius 3 is 2.68 bits per heavy atom. The Morgan fingerprint density at radius 1 is 1.16 bits per heavy atom. The Balaban J connectivity index is 1.87. The number of aromatic nitrogens is 4. The molecule has 154 valence electrons. The van der Waals surface area contributed by atoms with Crippen LogP contribution in [0, 0.1) is 32.1 Å². The Hall–Kier alpha value is -3.40. The second-order valence-corrected chi connectivity index (χ2v) is 8.03. The maximum atomic E-state index is 12.5. The summed E-state index contributed by atoms with van der Waals surface area (Å²) in [7, 11) is 0. The van der Waals surface area contributed by atoms with Crippen LogP contribution in [0.3, 0.4) is 0 Å². The first-order valence-electron chi connectivity index (χ1n) is 9.43. The number of hydrogen-bond donors (Lipinski definition) is 1. The molecule has 0 saturated carbocycles. The van der Waals surface area contributed by atoms with E-state index in [0.717, 1.165) is 16.8 Å². The molecule has 0 fully saturated rings. The highest BCUT2D eigenvalue weighted by molar-refractivity contribution is 6.32. The van der Waals surface area contributed by atoms with Gasteiger partial charge in [0.15, 0.2) is 5.82 Å². The van der Waals surface area contributed by atoms with Gasteiger partial charge in [-0.3, -0.25) is 4.79 Å². The van der Waals surface area contributed by atoms with E-state index in [1.807, 2.05) is 39.0 Å². The molecule has 0 amide bonds. The van der Waals surface area contributed by atoms with Crippen molar-refractivity contribution < 1.29 is 0 Å². The number of fused-ring (bicyclic) bond motifs is 1. The van der Waals surface area contributed by atoms with E-state index < -0.39 is 0 Å². The lowest BCUT2D eigenvalue weighted by Crippen LogP contribution is -2.11. The second kappa shape index (κ2) is 8.03. The first-order chi connectivity index (χ1) is 14.8. The van der Waals surface area contributed by atoms with Crippen molar-refractivity contribution in [3.8, 4) is 11.8 Å². The molecule has 8 heteroatoms. The third kappa shape index (κ3) is 3.86. The summed E-state index contributed by atoms with van der Waals surface area (Å²) in [5.74, 6) is 0.136. The molecule has 4 rings (SSSR count). The van der Waals surface area contributed by atoms with Crippen LogP contribution in [-0.4, -0.2) is 19.7 Å². The summed E-state index contributed by atoms with van der Waals surface area (Å²) in [6, 6.07) is 12.9. The van der Waals surface area contributed by atoms with E-state index in [-0.39, 0.29) is 17.0 Å². The molecule has 2 heterocycles. The molecule has 0 unspecified atom stereocenters. The van der Waals surface area contributed by atoms with E-state index >= 15 is 0 Å². The summed E-state index contributed by atoms with van der Waals surface area (Å²) in [6.07, 6.45) is 1.58. The predicted molar refractivity (Wildman–Crippen MR) is 124 cm³/mol. The van der Waals surface area contributed by atoms with Gasteiger partial charge < -0.3 is 4.98 Å². The van der Waals surface area contributed by atoms with Gasteiger partial charge in [0.05, 0.1) is 27.9 Å². The number of benzene rings is 2. The molecule has 4 aromatic rings. The molecule has 0 atom stereocenters. The van der Waals surface area contributed by atoms with Crippen molar-refractivity contribution in [1.29, 1.82) is 5.26 Å². The molecule has 0 bridgehead atoms. The van der Waals surface area contributed by atoms with Gasteiger partial charge in [-0.25, -0.2) is 9.67 Å². The number of halogens is 2. The van der Waals surface area contributed by atoms with Crippen molar-refractivity contribution in [3.05, 3.63) is 85.1 Å². The van der Waals surface area contributed by atoms with Crippen LogP contribution in [-0.2, 0) is 0 Å². The molecule has 0 aliphatic carbocycles. The van der Waals surface area contributed by atoms with Gasteiger partial charge in [0.2, 0.25) is 0 Å². The minimum Gasteiger partial charge on any atom is -0.305 e. The number of aryl methyl sites for hydroxylation is 3. The van der Waals surface area contributed by atoms with Crippen molar-refractivity contribution >= 4 is 45.8 Å². The molecule has 31 heavy (non-hydrogen) atoms. The van der Waals surface area contributed by atoms with Gasteiger partial charge in [-0.2, -0.15) is 10.4 Å². The van der Waals surface area contributed by atoms with Crippen LogP contribution in [0.1, 0.15) is 28.2 Å². The second-order valence-electron chi connectivity index (χ2n) is 7.24. The maximum Gasteiger partial charge on any atom is 0.259 e. The molecular weight excluding hydrogens is 433 g/mol.